The van der Waals surface area contributed by atoms with Crippen LogP contribution < -0.4 is 10.2 Å². The number of hydrogen-bond donors (Lipinski definition) is 1. The van der Waals surface area contributed by atoms with Crippen molar-refractivity contribution in [3.63, 3.8) is 0 Å². The Hall–Kier alpha value is -3.50. The number of methoxy groups -OCH3 is 1. The van der Waals surface area contributed by atoms with E-state index in [-0.39, 0.29) is 26.3 Å². The van der Waals surface area contributed by atoms with E-state index in [4.69, 9.17) is 21.4 Å². The predicted octanol–water partition coefficient (Wildman–Crippen LogP) is 4.78. The Morgan fingerprint density at radius 1 is 1.16 bits per heavy atom. The number of carbonyl (C=O) groups excluding carboxylic acids is 2. The van der Waals surface area contributed by atoms with Crippen LogP contribution in [0.4, 0.5) is 8.78 Å². The Bertz CT molecular complexity index is 1260. The number of thioether (sulfide) groups is 1. The fourth-order valence-electron chi connectivity index (χ4n) is 2.87. The topological polar surface area (TPSA) is 71.8 Å². The number of rotatable bonds is 5. The maximum Gasteiger partial charge on any atom is 0.285 e. The van der Waals surface area contributed by atoms with E-state index in [9.17, 15) is 18.4 Å². The molecule has 0 saturated carbocycles. The van der Waals surface area contributed by atoms with Crippen molar-refractivity contribution in [2.45, 2.75) is 0 Å². The third-order valence-corrected chi connectivity index (χ3v) is 5.76. The van der Waals surface area contributed by atoms with Gasteiger partial charge in [0.15, 0.2) is 4.32 Å². The number of nitrogens with zero attached hydrogens (tertiary/aromatic N) is 1. The lowest BCUT2D eigenvalue weighted by molar-refractivity contribution is -0.123. The van der Waals surface area contributed by atoms with Crippen LogP contribution in [-0.4, -0.2) is 28.3 Å². The van der Waals surface area contributed by atoms with Crippen LogP contribution in [0.5, 0.6) is 5.75 Å². The molecular formula is C22H14F2N2O4S2. The SMILES string of the molecule is COc1ccc(C(=O)NN2C(=O)/C(=C\c3ccc(-c4ccc(F)cc4F)o3)SC2=S)cc1. The number of halogens is 2. The fourth-order valence-corrected chi connectivity index (χ4v) is 4.03. The maximum absolute atomic E-state index is 14.0. The van der Waals surface area contributed by atoms with E-state index < -0.39 is 23.4 Å². The van der Waals surface area contributed by atoms with Gasteiger partial charge in [-0.1, -0.05) is 11.8 Å². The minimum Gasteiger partial charge on any atom is -0.497 e. The molecule has 162 valence electrons. The average molecular weight is 472 g/mol. The molecule has 0 radical (unpaired) electrons. The lowest BCUT2D eigenvalue weighted by atomic mass is 10.1. The van der Waals surface area contributed by atoms with Gasteiger partial charge in [0.05, 0.1) is 17.6 Å². The molecule has 0 unspecified atom stereocenters. The summed E-state index contributed by atoms with van der Waals surface area (Å²) in [4.78, 5) is 25.4. The number of hydrazine groups is 1. The van der Waals surface area contributed by atoms with Crippen molar-refractivity contribution in [1.29, 1.82) is 0 Å². The largest absolute Gasteiger partial charge is 0.497 e. The second-order valence-corrected chi connectivity index (χ2v) is 8.19. The summed E-state index contributed by atoms with van der Waals surface area (Å²) in [6.45, 7) is 0. The van der Waals surface area contributed by atoms with Crippen molar-refractivity contribution < 1.29 is 27.5 Å². The molecule has 2 amide bonds. The van der Waals surface area contributed by atoms with E-state index >= 15 is 0 Å². The molecule has 6 nitrogen and oxygen atoms in total. The van der Waals surface area contributed by atoms with Crippen LogP contribution in [0.15, 0.2) is 63.9 Å². The molecule has 3 aromatic rings. The van der Waals surface area contributed by atoms with Crippen molar-refractivity contribution in [2.75, 3.05) is 7.11 Å². The summed E-state index contributed by atoms with van der Waals surface area (Å²) >= 11 is 6.19. The first-order valence-electron chi connectivity index (χ1n) is 9.14. The normalized spacial score (nSPS) is 14.8. The minimum atomic E-state index is -0.765. The highest BCUT2D eigenvalue weighted by Crippen LogP contribution is 2.33. The number of benzene rings is 2. The Balaban J connectivity index is 1.50. The molecule has 4 rings (SSSR count). The fraction of sp³-hybridized carbons (Fsp3) is 0.0455. The molecular weight excluding hydrogens is 458 g/mol. The van der Waals surface area contributed by atoms with Gasteiger partial charge in [0.1, 0.15) is 28.9 Å². The Morgan fingerprint density at radius 2 is 1.91 bits per heavy atom. The second kappa shape index (κ2) is 8.93. The van der Waals surface area contributed by atoms with Crippen molar-refractivity contribution in [2.24, 2.45) is 0 Å². The van der Waals surface area contributed by atoms with Crippen LogP contribution in [-0.2, 0) is 4.79 Å². The van der Waals surface area contributed by atoms with Gasteiger partial charge in [-0.05, 0) is 60.7 Å². The van der Waals surface area contributed by atoms with E-state index in [2.05, 4.69) is 5.43 Å². The van der Waals surface area contributed by atoms with Crippen molar-refractivity contribution >= 4 is 46.2 Å². The van der Waals surface area contributed by atoms with Gasteiger partial charge in [0.2, 0.25) is 0 Å². The van der Waals surface area contributed by atoms with E-state index in [1.165, 1.54) is 25.3 Å². The number of nitrogens with one attached hydrogen (secondary N) is 1. The summed E-state index contributed by atoms with van der Waals surface area (Å²) in [5, 5.41) is 0.974. The van der Waals surface area contributed by atoms with Gasteiger partial charge < -0.3 is 9.15 Å². The lowest BCUT2D eigenvalue weighted by Gasteiger charge is -2.15. The third kappa shape index (κ3) is 4.41. The molecule has 0 aliphatic carbocycles. The summed E-state index contributed by atoms with van der Waals surface area (Å²) in [7, 11) is 1.51. The smallest absolute Gasteiger partial charge is 0.285 e. The molecule has 1 aliphatic heterocycles. The zero-order chi connectivity index (χ0) is 22.8. The van der Waals surface area contributed by atoms with Gasteiger partial charge >= 0.3 is 0 Å². The molecule has 32 heavy (non-hydrogen) atoms. The minimum absolute atomic E-state index is 0.0883. The number of amides is 2. The van der Waals surface area contributed by atoms with Gasteiger partial charge in [-0.15, -0.1) is 0 Å². The summed E-state index contributed by atoms with van der Waals surface area (Å²) < 4.78 is 37.9. The molecule has 1 N–H and O–H groups in total. The first-order chi connectivity index (χ1) is 15.4. The molecule has 1 aliphatic rings. The molecule has 1 fully saturated rings. The third-order valence-electron chi connectivity index (χ3n) is 4.46. The first kappa shape index (κ1) is 21.7. The number of furan rings is 1. The Morgan fingerprint density at radius 3 is 2.59 bits per heavy atom. The molecule has 10 heteroatoms. The van der Waals surface area contributed by atoms with Crippen LogP contribution in [0.1, 0.15) is 16.1 Å². The molecule has 0 spiro atoms. The van der Waals surface area contributed by atoms with Gasteiger partial charge in [-0.2, -0.15) is 5.01 Å². The maximum atomic E-state index is 14.0. The van der Waals surface area contributed by atoms with Crippen LogP contribution in [0.25, 0.3) is 17.4 Å². The Labute approximate surface area is 190 Å². The molecule has 0 bridgehead atoms. The molecule has 1 saturated heterocycles. The van der Waals surface area contributed by atoms with Gasteiger partial charge in [0, 0.05) is 17.7 Å². The van der Waals surface area contributed by atoms with Crippen LogP contribution in [0, 0.1) is 11.6 Å². The van der Waals surface area contributed by atoms with Gasteiger partial charge in [-0.3, -0.25) is 15.0 Å². The highest BCUT2D eigenvalue weighted by molar-refractivity contribution is 8.26. The standard InChI is InChI=1S/C22H14F2N2O4S2/c1-29-14-5-2-12(3-6-14)20(27)25-26-21(28)19(32-22(26)31)11-15-7-9-18(30-15)16-8-4-13(23)10-17(16)24/h2-11H,1H3,(H,25,27)/b19-11+. The van der Waals surface area contributed by atoms with Gasteiger partial charge in [-0.25, -0.2) is 8.78 Å². The molecule has 1 aromatic heterocycles. The number of hydrogen-bond acceptors (Lipinski definition) is 6. The van der Waals surface area contributed by atoms with E-state index in [0.717, 1.165) is 28.9 Å². The number of thiocarbonyl (C=S) groups is 1. The number of carbonyl (C=O) groups is 2. The predicted molar refractivity (Wildman–Crippen MR) is 120 cm³/mol. The summed E-state index contributed by atoms with van der Waals surface area (Å²) in [5.41, 5.74) is 2.89. The summed E-state index contributed by atoms with van der Waals surface area (Å²) in [5.74, 6) is -1.47. The monoisotopic (exact) mass is 472 g/mol. The molecule has 2 aromatic carbocycles. The van der Waals surface area contributed by atoms with E-state index in [1.807, 2.05) is 0 Å². The summed E-state index contributed by atoms with van der Waals surface area (Å²) in [6, 6.07) is 12.6. The van der Waals surface area contributed by atoms with E-state index in [0.29, 0.717) is 11.3 Å². The van der Waals surface area contributed by atoms with Gasteiger partial charge in [0.25, 0.3) is 11.8 Å². The van der Waals surface area contributed by atoms with E-state index in [1.54, 1.807) is 30.3 Å². The lowest BCUT2D eigenvalue weighted by Crippen LogP contribution is -2.44. The zero-order valence-corrected chi connectivity index (χ0v) is 18.1. The Kier molecular flexibility index (Phi) is 6.06. The quantitative estimate of drug-likeness (QED) is 0.426. The first-order valence-corrected chi connectivity index (χ1v) is 10.4. The van der Waals surface area contributed by atoms with Crippen LogP contribution in [0.2, 0.25) is 0 Å². The van der Waals surface area contributed by atoms with Crippen LogP contribution >= 0.6 is 24.0 Å². The molecule has 2 heterocycles. The van der Waals surface area contributed by atoms with Crippen molar-refractivity contribution in [1.82, 2.24) is 10.4 Å². The van der Waals surface area contributed by atoms with Crippen molar-refractivity contribution in [3.8, 4) is 17.1 Å². The molecule has 0 atom stereocenters. The van der Waals surface area contributed by atoms with Crippen LogP contribution in [0.3, 0.4) is 0 Å². The highest BCUT2D eigenvalue weighted by atomic mass is 32.2. The van der Waals surface area contributed by atoms with Crippen molar-refractivity contribution in [3.05, 3.63) is 82.5 Å². The number of ether oxygens (including phenoxy) is 1. The second-order valence-electron chi connectivity index (χ2n) is 6.51. The average Bonchev–Trinajstić information content (AvgIpc) is 3.34. The highest BCUT2D eigenvalue weighted by Gasteiger charge is 2.34. The summed E-state index contributed by atoms with van der Waals surface area (Å²) in [6.07, 6.45) is 1.43. The zero-order valence-electron chi connectivity index (χ0n) is 16.4.